The van der Waals surface area contributed by atoms with Crippen LogP contribution in [0.2, 0.25) is 0 Å². The van der Waals surface area contributed by atoms with E-state index in [4.69, 9.17) is 4.74 Å². The summed E-state index contributed by atoms with van der Waals surface area (Å²) in [7, 11) is 0. The molecule has 1 atom stereocenters. The summed E-state index contributed by atoms with van der Waals surface area (Å²) < 4.78 is 7.36. The van der Waals surface area contributed by atoms with Gasteiger partial charge in [0.15, 0.2) is 0 Å². The molecule has 0 bridgehead atoms. The molecule has 2 aromatic heterocycles. The highest BCUT2D eigenvalue weighted by Crippen LogP contribution is 2.22. The van der Waals surface area contributed by atoms with Gasteiger partial charge in [-0.25, -0.2) is 15.0 Å². The third-order valence-corrected chi connectivity index (χ3v) is 4.16. The van der Waals surface area contributed by atoms with Crippen molar-refractivity contribution in [1.29, 1.82) is 0 Å². The second kappa shape index (κ2) is 8.01. The van der Waals surface area contributed by atoms with Crippen LogP contribution in [0, 0.1) is 0 Å². The molecule has 1 aliphatic heterocycles. The Hall–Kier alpha value is -2.28. The Labute approximate surface area is 141 Å². The predicted molar refractivity (Wildman–Crippen MR) is 88.3 cm³/mol. The Balaban J connectivity index is 1.55. The van der Waals surface area contributed by atoms with E-state index >= 15 is 0 Å². The van der Waals surface area contributed by atoms with E-state index in [0.717, 1.165) is 43.2 Å². The molecule has 2 aromatic rings. The fraction of sp³-hybridized carbons (Fsp3) is 0.529. The molecule has 128 valence electrons. The van der Waals surface area contributed by atoms with Gasteiger partial charge in [0.1, 0.15) is 18.2 Å². The van der Waals surface area contributed by atoms with Gasteiger partial charge < -0.3 is 14.6 Å². The number of carbonyl (C=O) groups is 1. The monoisotopic (exact) mass is 329 g/mol. The van der Waals surface area contributed by atoms with Crippen molar-refractivity contribution in [3.63, 3.8) is 0 Å². The van der Waals surface area contributed by atoms with E-state index in [2.05, 4.69) is 20.3 Å². The standard InChI is InChI=1S/C17H23N5O2/c1-2-15-18-7-8-22(15)11-16(23)20-10-14-5-6-19-17(21-14)13-4-3-9-24-12-13/h5-8,13H,2-4,9-12H2,1H3,(H,20,23)/t13-/m1/s1. The number of aromatic nitrogens is 4. The van der Waals surface area contributed by atoms with Gasteiger partial charge in [-0.05, 0) is 18.9 Å². The minimum absolute atomic E-state index is 0.0520. The van der Waals surface area contributed by atoms with Crippen LogP contribution in [0.4, 0.5) is 0 Å². The van der Waals surface area contributed by atoms with E-state index in [1.165, 1.54) is 0 Å². The van der Waals surface area contributed by atoms with Gasteiger partial charge >= 0.3 is 0 Å². The van der Waals surface area contributed by atoms with Crippen molar-refractivity contribution in [2.45, 2.75) is 45.2 Å². The lowest BCUT2D eigenvalue weighted by Crippen LogP contribution is -2.28. The highest BCUT2D eigenvalue weighted by atomic mass is 16.5. The SMILES string of the molecule is CCc1nccn1CC(=O)NCc1ccnc([C@@H]2CCCOC2)n1. The molecule has 7 heteroatoms. The van der Waals surface area contributed by atoms with Crippen LogP contribution < -0.4 is 5.32 Å². The third kappa shape index (κ3) is 4.17. The van der Waals surface area contributed by atoms with Gasteiger partial charge in [-0.1, -0.05) is 6.92 Å². The van der Waals surface area contributed by atoms with E-state index in [9.17, 15) is 4.79 Å². The molecule has 1 saturated heterocycles. The zero-order valence-electron chi connectivity index (χ0n) is 13.9. The van der Waals surface area contributed by atoms with Gasteiger partial charge in [0.05, 0.1) is 18.8 Å². The van der Waals surface area contributed by atoms with E-state index < -0.39 is 0 Å². The molecule has 3 rings (SSSR count). The Morgan fingerprint density at radius 1 is 1.42 bits per heavy atom. The van der Waals surface area contributed by atoms with Crippen LogP contribution in [0.3, 0.4) is 0 Å². The maximum atomic E-state index is 12.1. The molecule has 0 unspecified atom stereocenters. The summed E-state index contributed by atoms with van der Waals surface area (Å²) in [6.07, 6.45) is 8.19. The molecule has 24 heavy (non-hydrogen) atoms. The summed E-state index contributed by atoms with van der Waals surface area (Å²) >= 11 is 0. The van der Waals surface area contributed by atoms with Crippen molar-refractivity contribution in [3.8, 4) is 0 Å². The topological polar surface area (TPSA) is 81.9 Å². The fourth-order valence-electron chi connectivity index (χ4n) is 2.85. The molecule has 0 spiro atoms. The summed E-state index contributed by atoms with van der Waals surface area (Å²) in [5, 5.41) is 2.91. The maximum Gasteiger partial charge on any atom is 0.240 e. The number of imidazole rings is 1. The second-order valence-electron chi connectivity index (χ2n) is 5.92. The Morgan fingerprint density at radius 2 is 2.33 bits per heavy atom. The molecule has 7 nitrogen and oxygen atoms in total. The number of nitrogens with zero attached hydrogens (tertiary/aromatic N) is 4. The third-order valence-electron chi connectivity index (χ3n) is 4.16. The highest BCUT2D eigenvalue weighted by molar-refractivity contribution is 5.75. The number of hydrogen-bond acceptors (Lipinski definition) is 5. The average molecular weight is 329 g/mol. The molecular formula is C17H23N5O2. The van der Waals surface area contributed by atoms with Crippen molar-refractivity contribution >= 4 is 5.91 Å². The van der Waals surface area contributed by atoms with Gasteiger partial charge in [0, 0.05) is 37.5 Å². The number of aryl methyl sites for hydroxylation is 1. The van der Waals surface area contributed by atoms with Crippen LogP contribution in [0.5, 0.6) is 0 Å². The van der Waals surface area contributed by atoms with Crippen LogP contribution >= 0.6 is 0 Å². The summed E-state index contributed by atoms with van der Waals surface area (Å²) in [6, 6.07) is 1.84. The Kier molecular flexibility index (Phi) is 5.53. The minimum Gasteiger partial charge on any atom is -0.381 e. The van der Waals surface area contributed by atoms with E-state index in [1.807, 2.05) is 23.8 Å². The summed E-state index contributed by atoms with van der Waals surface area (Å²) in [6.45, 7) is 4.19. The Morgan fingerprint density at radius 3 is 3.12 bits per heavy atom. The number of ether oxygens (including phenoxy) is 1. The normalized spacial score (nSPS) is 17.6. The predicted octanol–water partition coefficient (Wildman–Crippen LogP) is 1.45. The van der Waals surface area contributed by atoms with Crippen LogP contribution in [0.15, 0.2) is 24.7 Å². The molecule has 0 aliphatic carbocycles. The first kappa shape index (κ1) is 16.6. The number of rotatable bonds is 6. The van der Waals surface area contributed by atoms with Crippen molar-refractivity contribution < 1.29 is 9.53 Å². The molecule has 1 N–H and O–H groups in total. The number of hydrogen-bond donors (Lipinski definition) is 1. The van der Waals surface area contributed by atoms with Gasteiger partial charge in [-0.2, -0.15) is 0 Å². The smallest absolute Gasteiger partial charge is 0.240 e. The van der Waals surface area contributed by atoms with Crippen molar-refractivity contribution in [3.05, 3.63) is 42.0 Å². The van der Waals surface area contributed by atoms with Gasteiger partial charge in [-0.3, -0.25) is 4.79 Å². The fourth-order valence-corrected chi connectivity index (χ4v) is 2.85. The van der Waals surface area contributed by atoms with Gasteiger partial charge in [-0.15, -0.1) is 0 Å². The van der Waals surface area contributed by atoms with Crippen LogP contribution in [-0.4, -0.2) is 38.6 Å². The van der Waals surface area contributed by atoms with Crippen LogP contribution in [0.1, 0.15) is 43.0 Å². The van der Waals surface area contributed by atoms with E-state index in [1.54, 1.807) is 12.4 Å². The lowest BCUT2D eigenvalue weighted by atomic mass is 10.0. The number of nitrogens with one attached hydrogen (secondary N) is 1. The minimum atomic E-state index is -0.0520. The van der Waals surface area contributed by atoms with Crippen molar-refractivity contribution in [2.24, 2.45) is 0 Å². The van der Waals surface area contributed by atoms with Gasteiger partial charge in [0.2, 0.25) is 5.91 Å². The molecule has 0 aromatic carbocycles. The maximum absolute atomic E-state index is 12.1. The first-order chi connectivity index (χ1) is 11.8. The molecule has 0 saturated carbocycles. The average Bonchev–Trinajstić information content (AvgIpc) is 3.08. The van der Waals surface area contributed by atoms with Crippen LogP contribution in [0.25, 0.3) is 0 Å². The largest absolute Gasteiger partial charge is 0.381 e. The number of carbonyl (C=O) groups excluding carboxylic acids is 1. The lowest BCUT2D eigenvalue weighted by molar-refractivity contribution is -0.121. The molecule has 0 radical (unpaired) electrons. The second-order valence-corrected chi connectivity index (χ2v) is 5.92. The highest BCUT2D eigenvalue weighted by Gasteiger charge is 2.19. The molecule has 3 heterocycles. The first-order valence-electron chi connectivity index (χ1n) is 8.42. The molecular weight excluding hydrogens is 306 g/mol. The summed E-state index contributed by atoms with van der Waals surface area (Å²) in [5.41, 5.74) is 0.820. The lowest BCUT2D eigenvalue weighted by Gasteiger charge is -2.20. The molecule has 1 aliphatic rings. The summed E-state index contributed by atoms with van der Waals surface area (Å²) in [4.78, 5) is 25.3. The first-order valence-corrected chi connectivity index (χ1v) is 8.42. The van der Waals surface area contributed by atoms with E-state index in [-0.39, 0.29) is 18.4 Å². The molecule has 1 fully saturated rings. The molecule has 1 amide bonds. The zero-order chi connectivity index (χ0) is 16.8. The van der Waals surface area contributed by atoms with Crippen molar-refractivity contribution in [2.75, 3.05) is 13.2 Å². The zero-order valence-corrected chi connectivity index (χ0v) is 13.9. The Bertz CT molecular complexity index is 679. The van der Waals surface area contributed by atoms with E-state index in [0.29, 0.717) is 13.2 Å². The van der Waals surface area contributed by atoms with Crippen LogP contribution in [-0.2, 0) is 29.0 Å². The quantitative estimate of drug-likeness (QED) is 0.867. The summed E-state index contributed by atoms with van der Waals surface area (Å²) in [5.74, 6) is 1.92. The van der Waals surface area contributed by atoms with Crippen molar-refractivity contribution in [1.82, 2.24) is 24.8 Å². The number of amides is 1. The van der Waals surface area contributed by atoms with Gasteiger partial charge in [0.25, 0.3) is 0 Å².